The molecule has 0 aliphatic carbocycles. The fourth-order valence-corrected chi connectivity index (χ4v) is 4.26. The minimum absolute atomic E-state index is 0.142. The van der Waals surface area contributed by atoms with Crippen molar-refractivity contribution in [2.45, 2.75) is 32.5 Å². The van der Waals surface area contributed by atoms with Gasteiger partial charge in [0, 0.05) is 51.4 Å². The van der Waals surface area contributed by atoms with Crippen molar-refractivity contribution in [1.82, 2.24) is 14.4 Å². The van der Waals surface area contributed by atoms with Crippen molar-refractivity contribution in [3.05, 3.63) is 87.7 Å². The fourth-order valence-electron chi connectivity index (χ4n) is 4.26. The number of benzene rings is 1. The summed E-state index contributed by atoms with van der Waals surface area (Å²) in [5, 5.41) is 0. The van der Waals surface area contributed by atoms with E-state index in [4.69, 9.17) is 9.15 Å². The maximum Gasteiger partial charge on any atom is 0.259 e. The van der Waals surface area contributed by atoms with Crippen molar-refractivity contribution in [2.24, 2.45) is 0 Å². The first-order valence-corrected chi connectivity index (χ1v) is 10.9. The molecule has 3 aromatic rings. The summed E-state index contributed by atoms with van der Waals surface area (Å²) >= 11 is 0. The van der Waals surface area contributed by atoms with Gasteiger partial charge in [-0.05, 0) is 24.6 Å². The molecule has 1 amide bonds. The molecule has 0 saturated carbocycles. The molecule has 1 atom stereocenters. The molecule has 0 saturated heterocycles. The predicted octanol–water partition coefficient (Wildman–Crippen LogP) is 3.34. The maximum atomic E-state index is 13.6. The Morgan fingerprint density at radius 3 is 2.62 bits per heavy atom. The Balaban J connectivity index is 1.65. The number of ether oxygens (including phenoxy) is 1. The zero-order chi connectivity index (χ0) is 22.7. The number of furan rings is 1. The van der Waals surface area contributed by atoms with Crippen LogP contribution in [-0.4, -0.2) is 47.5 Å². The lowest BCUT2D eigenvalue weighted by Crippen LogP contribution is -2.34. The molecule has 0 fully saturated rings. The average molecular weight is 436 g/mol. The summed E-state index contributed by atoms with van der Waals surface area (Å²) < 4.78 is 12.7. The van der Waals surface area contributed by atoms with Gasteiger partial charge in [-0.1, -0.05) is 30.3 Å². The minimum Gasteiger partial charge on any atom is -0.496 e. The number of hydrogen-bond acceptors (Lipinski definition) is 5. The molecule has 0 unspecified atom stereocenters. The zero-order valence-corrected chi connectivity index (χ0v) is 18.8. The van der Waals surface area contributed by atoms with Gasteiger partial charge in [-0.15, -0.1) is 0 Å². The van der Waals surface area contributed by atoms with Gasteiger partial charge in [0.2, 0.25) is 0 Å². The molecule has 2 aromatic heterocycles. The fraction of sp³-hybridized carbons (Fsp3) is 0.360. The molecule has 7 heteroatoms. The van der Waals surface area contributed by atoms with Gasteiger partial charge in [0.1, 0.15) is 17.1 Å². The minimum atomic E-state index is -0.254. The first-order chi connectivity index (χ1) is 15.5. The van der Waals surface area contributed by atoms with E-state index >= 15 is 0 Å². The van der Waals surface area contributed by atoms with Crippen molar-refractivity contribution in [3.63, 3.8) is 0 Å². The summed E-state index contributed by atoms with van der Waals surface area (Å²) in [4.78, 5) is 30.4. The quantitative estimate of drug-likeness (QED) is 0.594. The Morgan fingerprint density at radius 1 is 1.16 bits per heavy atom. The number of methoxy groups -OCH3 is 1. The van der Waals surface area contributed by atoms with Crippen LogP contribution in [0.1, 0.15) is 40.3 Å². The van der Waals surface area contributed by atoms with E-state index < -0.39 is 0 Å². The Kier molecular flexibility index (Phi) is 6.46. The zero-order valence-electron chi connectivity index (χ0n) is 18.8. The topological polar surface area (TPSA) is 67.9 Å². The van der Waals surface area contributed by atoms with Crippen LogP contribution in [0.3, 0.4) is 0 Å². The predicted molar refractivity (Wildman–Crippen MR) is 122 cm³/mol. The van der Waals surface area contributed by atoms with E-state index in [2.05, 4.69) is 17.0 Å². The van der Waals surface area contributed by atoms with Crippen LogP contribution < -0.4 is 10.3 Å². The van der Waals surface area contributed by atoms with Crippen molar-refractivity contribution in [1.29, 1.82) is 0 Å². The molecule has 7 nitrogen and oxygen atoms in total. The monoisotopic (exact) mass is 435 g/mol. The number of carbonyl (C=O) groups is 1. The molecular weight excluding hydrogens is 406 g/mol. The Hall–Kier alpha value is -3.32. The number of rotatable bonds is 6. The summed E-state index contributed by atoms with van der Waals surface area (Å²) in [6.07, 6.45) is 2.18. The summed E-state index contributed by atoms with van der Waals surface area (Å²) in [6.45, 7) is 4.74. The van der Waals surface area contributed by atoms with Crippen molar-refractivity contribution in [2.75, 3.05) is 27.2 Å². The molecular formula is C25H29N3O4. The third kappa shape index (κ3) is 4.34. The second-order valence-corrected chi connectivity index (χ2v) is 8.14. The smallest absolute Gasteiger partial charge is 0.259 e. The second kappa shape index (κ2) is 9.44. The van der Waals surface area contributed by atoms with Gasteiger partial charge in [-0.3, -0.25) is 14.5 Å². The van der Waals surface area contributed by atoms with Gasteiger partial charge in [0.25, 0.3) is 11.5 Å². The van der Waals surface area contributed by atoms with E-state index in [0.29, 0.717) is 30.0 Å². The van der Waals surface area contributed by atoms with Crippen molar-refractivity contribution < 1.29 is 13.9 Å². The maximum absolute atomic E-state index is 13.6. The van der Waals surface area contributed by atoms with Crippen LogP contribution in [0.4, 0.5) is 0 Å². The van der Waals surface area contributed by atoms with Crippen LogP contribution in [0.25, 0.3) is 0 Å². The third-order valence-corrected chi connectivity index (χ3v) is 6.23. The van der Waals surface area contributed by atoms with Gasteiger partial charge in [-0.2, -0.15) is 0 Å². The summed E-state index contributed by atoms with van der Waals surface area (Å²) in [7, 11) is 3.24. The first kappa shape index (κ1) is 21.9. The molecule has 0 N–H and O–H groups in total. The standard InChI is InChI=1S/C25H29N3O4/c1-18(21-10-7-15-32-21)26(2)25(30)24-20-11-12-27(17-19-8-5-4-6-9-19)13-14-28(20)23(29)16-22(24)31-3/h4-10,15-16,18H,11-14,17H2,1-3H3/t18-/m1/s1. The highest BCUT2D eigenvalue weighted by atomic mass is 16.5. The Morgan fingerprint density at radius 2 is 1.94 bits per heavy atom. The molecule has 1 aromatic carbocycles. The van der Waals surface area contributed by atoms with Crippen LogP contribution in [-0.2, 0) is 19.5 Å². The highest BCUT2D eigenvalue weighted by Gasteiger charge is 2.29. The van der Waals surface area contributed by atoms with Crippen LogP contribution >= 0.6 is 0 Å². The van der Waals surface area contributed by atoms with E-state index in [1.54, 1.807) is 28.8 Å². The third-order valence-electron chi connectivity index (χ3n) is 6.23. The first-order valence-electron chi connectivity index (χ1n) is 10.9. The summed E-state index contributed by atoms with van der Waals surface area (Å²) in [6, 6.07) is 15.1. The summed E-state index contributed by atoms with van der Waals surface area (Å²) in [5.41, 5.74) is 2.27. The number of amides is 1. The van der Waals surface area contributed by atoms with E-state index in [-0.39, 0.29) is 17.5 Å². The lowest BCUT2D eigenvalue weighted by atomic mass is 10.1. The number of aromatic nitrogens is 1. The number of pyridine rings is 1. The van der Waals surface area contributed by atoms with E-state index in [9.17, 15) is 9.59 Å². The molecule has 0 bridgehead atoms. The van der Waals surface area contributed by atoms with E-state index in [0.717, 1.165) is 25.3 Å². The van der Waals surface area contributed by atoms with Gasteiger partial charge >= 0.3 is 0 Å². The highest BCUT2D eigenvalue weighted by Crippen LogP contribution is 2.28. The SMILES string of the molecule is COc1cc(=O)n2c(c1C(=O)N(C)[C@H](C)c1ccco1)CCN(Cc1ccccc1)CC2. The normalized spacial score (nSPS) is 15.0. The lowest BCUT2D eigenvalue weighted by Gasteiger charge is -2.26. The average Bonchev–Trinajstić information content (AvgIpc) is 3.27. The van der Waals surface area contributed by atoms with Gasteiger partial charge in [-0.25, -0.2) is 0 Å². The number of fused-ring (bicyclic) bond motifs is 1. The molecule has 1 aliphatic heterocycles. The highest BCUT2D eigenvalue weighted by molar-refractivity contribution is 5.98. The molecule has 0 spiro atoms. The molecule has 32 heavy (non-hydrogen) atoms. The van der Waals surface area contributed by atoms with Crippen molar-refractivity contribution >= 4 is 5.91 Å². The van der Waals surface area contributed by atoms with Gasteiger partial charge in [0.05, 0.1) is 19.4 Å². The van der Waals surface area contributed by atoms with E-state index in [1.165, 1.54) is 18.7 Å². The number of hydrogen-bond donors (Lipinski definition) is 0. The van der Waals surface area contributed by atoms with E-state index in [1.807, 2.05) is 31.2 Å². The largest absolute Gasteiger partial charge is 0.496 e. The molecule has 4 rings (SSSR count). The van der Waals surface area contributed by atoms with Crippen LogP contribution in [0.5, 0.6) is 5.75 Å². The molecule has 168 valence electrons. The van der Waals surface area contributed by atoms with Crippen LogP contribution in [0, 0.1) is 0 Å². The van der Waals surface area contributed by atoms with Crippen LogP contribution in [0.2, 0.25) is 0 Å². The Bertz CT molecular complexity index is 1120. The second-order valence-electron chi connectivity index (χ2n) is 8.14. The lowest BCUT2D eigenvalue weighted by molar-refractivity contribution is 0.0720. The van der Waals surface area contributed by atoms with Crippen molar-refractivity contribution in [3.8, 4) is 5.75 Å². The number of carbonyl (C=O) groups excluding carboxylic acids is 1. The van der Waals surface area contributed by atoms with Crippen LogP contribution in [0.15, 0.2) is 64.0 Å². The molecule has 0 radical (unpaired) electrons. The molecule has 1 aliphatic rings. The Labute approximate surface area is 187 Å². The van der Waals surface area contributed by atoms with Gasteiger partial charge in [0.15, 0.2) is 0 Å². The van der Waals surface area contributed by atoms with Gasteiger partial charge < -0.3 is 18.6 Å². The summed E-state index contributed by atoms with van der Waals surface area (Å²) in [5.74, 6) is 0.834. The molecule has 3 heterocycles. The number of nitrogens with zero attached hydrogens (tertiary/aromatic N) is 3.